The number of benzene rings is 1. The highest BCUT2D eigenvalue weighted by Gasteiger charge is 2.20. The quantitative estimate of drug-likeness (QED) is 0.842. The number of fused-ring (bicyclic) bond motifs is 2. The zero-order chi connectivity index (χ0) is 17.9. The molecule has 0 aliphatic carbocycles. The van der Waals surface area contributed by atoms with Gasteiger partial charge in [-0.25, -0.2) is 0 Å². The topological polar surface area (TPSA) is 61.8 Å². The normalized spacial score (nSPS) is 18.0. The maximum absolute atomic E-state index is 12.4. The molecule has 2 aliphatic heterocycles. The molecule has 0 saturated heterocycles. The van der Waals surface area contributed by atoms with Gasteiger partial charge in [0.25, 0.3) is 5.91 Å². The smallest absolute Gasteiger partial charge is 0.261 e. The molecule has 2 N–H and O–H groups in total. The van der Waals surface area contributed by atoms with Crippen molar-refractivity contribution in [3.8, 4) is 0 Å². The number of carbonyl (C=O) groups excluding carboxylic acids is 1. The Morgan fingerprint density at radius 2 is 2.12 bits per heavy atom. The van der Waals surface area contributed by atoms with E-state index in [1.165, 1.54) is 27.3 Å². The molecule has 0 saturated carbocycles. The molecule has 2 aromatic rings. The van der Waals surface area contributed by atoms with Gasteiger partial charge in [-0.05, 0) is 29.2 Å². The number of β-amino-alcohol motifs (C(OH)–C–C–N with tert-alkyl or cyclic N) is 1. The molecule has 5 nitrogen and oxygen atoms in total. The van der Waals surface area contributed by atoms with Gasteiger partial charge < -0.3 is 15.2 Å². The van der Waals surface area contributed by atoms with Crippen LogP contribution in [0.5, 0.6) is 0 Å². The molecule has 3 heterocycles. The highest BCUT2D eigenvalue weighted by atomic mass is 32.1. The Labute approximate surface area is 157 Å². The maximum Gasteiger partial charge on any atom is 0.261 e. The van der Waals surface area contributed by atoms with Crippen molar-refractivity contribution in [2.24, 2.45) is 0 Å². The van der Waals surface area contributed by atoms with Gasteiger partial charge in [0, 0.05) is 37.5 Å². The van der Waals surface area contributed by atoms with E-state index in [1.54, 1.807) is 0 Å². The lowest BCUT2D eigenvalue weighted by Gasteiger charge is -2.30. The van der Waals surface area contributed by atoms with Crippen molar-refractivity contribution in [3.05, 3.63) is 56.8 Å². The predicted molar refractivity (Wildman–Crippen MR) is 101 cm³/mol. The van der Waals surface area contributed by atoms with Crippen molar-refractivity contribution in [1.29, 1.82) is 0 Å². The molecular weight excluding hydrogens is 348 g/mol. The summed E-state index contributed by atoms with van der Waals surface area (Å²) in [5, 5.41) is 13.2. The number of hydrogen-bond acceptors (Lipinski definition) is 5. The van der Waals surface area contributed by atoms with Crippen LogP contribution >= 0.6 is 11.3 Å². The Balaban J connectivity index is 1.27. The van der Waals surface area contributed by atoms with Crippen molar-refractivity contribution in [1.82, 2.24) is 10.2 Å². The van der Waals surface area contributed by atoms with E-state index in [1.807, 2.05) is 6.07 Å². The first-order chi connectivity index (χ1) is 12.7. The summed E-state index contributed by atoms with van der Waals surface area (Å²) < 4.78 is 5.43. The largest absolute Gasteiger partial charge is 0.390 e. The molecule has 0 radical (unpaired) electrons. The lowest BCUT2D eigenvalue weighted by Crippen LogP contribution is -2.41. The summed E-state index contributed by atoms with van der Waals surface area (Å²) >= 11 is 1.54. The number of aliphatic hydroxyl groups excluding tert-OH is 1. The van der Waals surface area contributed by atoms with Crippen LogP contribution in [-0.2, 0) is 30.7 Å². The van der Waals surface area contributed by atoms with E-state index in [4.69, 9.17) is 4.74 Å². The van der Waals surface area contributed by atoms with Gasteiger partial charge in [0.1, 0.15) is 0 Å². The summed E-state index contributed by atoms with van der Waals surface area (Å²) in [4.78, 5) is 16.6. The van der Waals surface area contributed by atoms with E-state index < -0.39 is 6.10 Å². The first-order valence-electron chi connectivity index (χ1n) is 9.14. The van der Waals surface area contributed by atoms with Crippen molar-refractivity contribution in [2.45, 2.75) is 32.1 Å². The lowest BCUT2D eigenvalue weighted by atomic mass is 10.00. The molecule has 0 spiro atoms. The fraction of sp³-hybridized carbons (Fsp3) is 0.450. The van der Waals surface area contributed by atoms with E-state index in [9.17, 15) is 9.90 Å². The van der Waals surface area contributed by atoms with Crippen LogP contribution in [0.1, 0.15) is 31.2 Å². The summed E-state index contributed by atoms with van der Waals surface area (Å²) in [7, 11) is 0. The van der Waals surface area contributed by atoms with Crippen LogP contribution in [0.4, 0.5) is 0 Å². The molecule has 6 heteroatoms. The van der Waals surface area contributed by atoms with Crippen molar-refractivity contribution in [3.63, 3.8) is 0 Å². The van der Waals surface area contributed by atoms with Crippen LogP contribution in [0.3, 0.4) is 0 Å². The van der Waals surface area contributed by atoms with Gasteiger partial charge in [0.15, 0.2) is 0 Å². The third-order valence-corrected chi connectivity index (χ3v) is 6.26. The minimum absolute atomic E-state index is 0.104. The first-order valence-corrected chi connectivity index (χ1v) is 9.95. The Morgan fingerprint density at radius 1 is 1.27 bits per heavy atom. The standard InChI is InChI=1S/C20H24N2O3S/c23-17(12-22-7-5-14-3-1-2-4-15(14)11-22)10-21-20(24)19-9-16-13-25-8-6-18(16)26-19/h1-4,9,17,23H,5-8,10-13H2,(H,21,24). The third-order valence-electron chi connectivity index (χ3n) is 5.03. The number of carbonyl (C=O) groups is 1. The van der Waals surface area contributed by atoms with E-state index in [-0.39, 0.29) is 12.5 Å². The number of nitrogens with zero attached hydrogens (tertiary/aromatic N) is 1. The molecule has 2 aliphatic rings. The van der Waals surface area contributed by atoms with Crippen LogP contribution in [-0.4, -0.2) is 48.3 Å². The summed E-state index contributed by atoms with van der Waals surface area (Å²) in [6.45, 7) is 3.97. The molecule has 1 unspecified atom stereocenters. The summed E-state index contributed by atoms with van der Waals surface area (Å²) in [5.41, 5.74) is 3.86. The molecule has 0 bridgehead atoms. The molecule has 1 atom stereocenters. The van der Waals surface area contributed by atoms with Gasteiger partial charge in [-0.1, -0.05) is 24.3 Å². The molecule has 138 valence electrons. The minimum Gasteiger partial charge on any atom is -0.390 e. The van der Waals surface area contributed by atoms with Crippen molar-refractivity contribution >= 4 is 17.2 Å². The van der Waals surface area contributed by atoms with Gasteiger partial charge in [0.05, 0.1) is 24.2 Å². The number of hydrogen-bond donors (Lipinski definition) is 2. The molecular formula is C20H24N2O3S. The van der Waals surface area contributed by atoms with Gasteiger partial charge in [-0.2, -0.15) is 0 Å². The second kappa shape index (κ2) is 7.88. The van der Waals surface area contributed by atoms with Crippen LogP contribution < -0.4 is 5.32 Å². The summed E-state index contributed by atoms with van der Waals surface area (Å²) in [5.74, 6) is -0.104. The van der Waals surface area contributed by atoms with E-state index >= 15 is 0 Å². The van der Waals surface area contributed by atoms with Gasteiger partial charge in [-0.15, -0.1) is 11.3 Å². The number of thiophene rings is 1. The lowest BCUT2D eigenvalue weighted by molar-refractivity contribution is 0.0844. The highest BCUT2D eigenvalue weighted by Crippen LogP contribution is 2.26. The Hall–Kier alpha value is -1.73. The number of rotatable bonds is 5. The molecule has 0 fully saturated rings. The summed E-state index contributed by atoms with van der Waals surface area (Å²) in [6, 6.07) is 10.4. The predicted octanol–water partition coefficient (Wildman–Crippen LogP) is 1.97. The summed E-state index contributed by atoms with van der Waals surface area (Å²) in [6.07, 6.45) is 1.33. The minimum atomic E-state index is -0.567. The van der Waals surface area contributed by atoms with Crippen LogP contribution in [0.2, 0.25) is 0 Å². The van der Waals surface area contributed by atoms with Crippen LogP contribution in [0.25, 0.3) is 0 Å². The van der Waals surface area contributed by atoms with Crippen molar-refractivity contribution < 1.29 is 14.6 Å². The SMILES string of the molecule is O=C(NCC(O)CN1CCc2ccccc2C1)c1cc2c(s1)CCOC2. The van der Waals surface area contributed by atoms with E-state index in [2.05, 4.69) is 34.5 Å². The number of aliphatic hydroxyl groups is 1. The average Bonchev–Trinajstić information content (AvgIpc) is 3.10. The molecule has 1 aromatic heterocycles. The highest BCUT2D eigenvalue weighted by molar-refractivity contribution is 7.14. The van der Waals surface area contributed by atoms with Gasteiger partial charge >= 0.3 is 0 Å². The van der Waals surface area contributed by atoms with E-state index in [0.29, 0.717) is 18.0 Å². The number of nitrogens with one attached hydrogen (secondary N) is 1. The zero-order valence-electron chi connectivity index (χ0n) is 14.7. The molecule has 1 amide bonds. The van der Waals surface area contributed by atoms with Gasteiger partial charge in [-0.3, -0.25) is 9.69 Å². The third kappa shape index (κ3) is 3.99. The number of amides is 1. The Bertz CT molecular complexity index is 766. The number of ether oxygens (including phenoxy) is 1. The maximum atomic E-state index is 12.4. The fourth-order valence-electron chi connectivity index (χ4n) is 3.63. The zero-order valence-corrected chi connectivity index (χ0v) is 15.6. The molecule has 1 aromatic carbocycles. The van der Waals surface area contributed by atoms with E-state index in [0.717, 1.165) is 38.1 Å². The average molecular weight is 372 g/mol. The van der Waals surface area contributed by atoms with Gasteiger partial charge in [0.2, 0.25) is 0 Å². The monoisotopic (exact) mass is 372 g/mol. The molecule has 4 rings (SSSR count). The van der Waals surface area contributed by atoms with Crippen LogP contribution in [0.15, 0.2) is 30.3 Å². The van der Waals surface area contributed by atoms with Crippen LogP contribution in [0, 0.1) is 0 Å². The fourth-order valence-corrected chi connectivity index (χ4v) is 4.70. The Kier molecular flexibility index (Phi) is 5.36. The van der Waals surface area contributed by atoms with Crippen molar-refractivity contribution in [2.75, 3.05) is 26.2 Å². The second-order valence-corrected chi connectivity index (χ2v) is 8.12. The second-order valence-electron chi connectivity index (χ2n) is 6.98. The first kappa shape index (κ1) is 17.7. The Morgan fingerprint density at radius 3 is 2.96 bits per heavy atom. The molecule has 26 heavy (non-hydrogen) atoms.